The van der Waals surface area contributed by atoms with Crippen molar-refractivity contribution >= 4 is 49.8 Å². The SMILES string of the molecule is CCCOc1ccc(C(=O)N/N=C/c2cc(Br)c(OS(=O)(=O)c3ccc(Cl)cc3)c(OCC)c2)cc1OCC. The standard InChI is InChI=1S/C27H28BrClN2O7S/c1-4-13-37-23-12-7-19(16-24(23)35-5-2)27(32)31-30-17-18-14-22(28)26(25(15-18)36-6-3)38-39(33,34)21-10-8-20(29)9-11-21/h7-12,14-17H,4-6,13H2,1-3H3,(H,31,32)/b30-17+. The molecule has 9 nitrogen and oxygen atoms in total. The van der Waals surface area contributed by atoms with E-state index in [1.165, 1.54) is 30.5 Å². The third-order valence-electron chi connectivity index (χ3n) is 4.97. The molecule has 0 aliphatic rings. The third kappa shape index (κ3) is 8.35. The van der Waals surface area contributed by atoms with Gasteiger partial charge in [-0.25, -0.2) is 5.43 Å². The van der Waals surface area contributed by atoms with Gasteiger partial charge in [0, 0.05) is 10.6 Å². The van der Waals surface area contributed by atoms with Gasteiger partial charge in [0.2, 0.25) is 0 Å². The molecule has 3 aromatic carbocycles. The van der Waals surface area contributed by atoms with E-state index < -0.39 is 16.0 Å². The summed E-state index contributed by atoms with van der Waals surface area (Å²) in [5.74, 6) is 0.722. The molecule has 12 heteroatoms. The number of hydrogen-bond acceptors (Lipinski definition) is 8. The predicted molar refractivity (Wildman–Crippen MR) is 153 cm³/mol. The van der Waals surface area contributed by atoms with Crippen LogP contribution >= 0.6 is 27.5 Å². The van der Waals surface area contributed by atoms with Crippen LogP contribution in [-0.2, 0) is 10.1 Å². The predicted octanol–water partition coefficient (Wildman–Crippen LogP) is 6.22. The summed E-state index contributed by atoms with van der Waals surface area (Å²) in [6.45, 7) is 6.80. The van der Waals surface area contributed by atoms with E-state index >= 15 is 0 Å². The summed E-state index contributed by atoms with van der Waals surface area (Å²) < 4.78 is 48.2. The van der Waals surface area contributed by atoms with E-state index in [1.807, 2.05) is 13.8 Å². The molecule has 3 rings (SSSR count). The highest BCUT2D eigenvalue weighted by Gasteiger charge is 2.22. The van der Waals surface area contributed by atoms with Gasteiger partial charge >= 0.3 is 10.1 Å². The Morgan fingerprint density at radius 3 is 2.31 bits per heavy atom. The van der Waals surface area contributed by atoms with Gasteiger partial charge in [0.25, 0.3) is 5.91 Å². The van der Waals surface area contributed by atoms with Gasteiger partial charge in [0.05, 0.1) is 30.5 Å². The van der Waals surface area contributed by atoms with E-state index in [-0.39, 0.29) is 23.0 Å². The van der Waals surface area contributed by atoms with Crippen molar-refractivity contribution in [3.63, 3.8) is 0 Å². The van der Waals surface area contributed by atoms with Crippen molar-refractivity contribution in [1.29, 1.82) is 0 Å². The zero-order valence-corrected chi connectivity index (χ0v) is 24.7. The van der Waals surface area contributed by atoms with E-state index in [2.05, 4.69) is 26.5 Å². The highest BCUT2D eigenvalue weighted by Crippen LogP contribution is 2.38. The number of nitrogens with one attached hydrogen (secondary N) is 1. The lowest BCUT2D eigenvalue weighted by Gasteiger charge is -2.14. The summed E-state index contributed by atoms with van der Waals surface area (Å²) in [6, 6.07) is 13.6. The first-order valence-corrected chi connectivity index (χ1v) is 14.7. The minimum Gasteiger partial charge on any atom is -0.490 e. The lowest BCUT2D eigenvalue weighted by Crippen LogP contribution is -2.18. The van der Waals surface area contributed by atoms with Gasteiger partial charge in [-0.2, -0.15) is 13.5 Å². The molecule has 0 atom stereocenters. The van der Waals surface area contributed by atoms with E-state index in [0.29, 0.717) is 45.3 Å². The lowest BCUT2D eigenvalue weighted by atomic mass is 10.2. The molecule has 0 aliphatic heterocycles. The zero-order chi connectivity index (χ0) is 28.4. The van der Waals surface area contributed by atoms with Gasteiger partial charge in [-0.05, 0) is 96.4 Å². The number of carbonyl (C=O) groups is 1. The molecule has 0 fully saturated rings. The Balaban J connectivity index is 1.78. The molecule has 3 aromatic rings. The molecule has 0 unspecified atom stereocenters. The molecule has 39 heavy (non-hydrogen) atoms. The summed E-state index contributed by atoms with van der Waals surface area (Å²) in [5, 5.41) is 4.42. The first kappa shape index (κ1) is 30.3. The first-order chi connectivity index (χ1) is 18.7. The number of hydrazone groups is 1. The number of rotatable bonds is 13. The Bertz CT molecular complexity index is 1430. The number of nitrogens with zero attached hydrogens (tertiary/aromatic N) is 1. The summed E-state index contributed by atoms with van der Waals surface area (Å²) in [6.07, 6.45) is 2.24. The van der Waals surface area contributed by atoms with Crippen LogP contribution in [0.5, 0.6) is 23.0 Å². The van der Waals surface area contributed by atoms with Crippen molar-refractivity contribution in [2.45, 2.75) is 32.1 Å². The number of carbonyl (C=O) groups excluding carboxylic acids is 1. The number of ether oxygens (including phenoxy) is 3. The van der Waals surface area contributed by atoms with Gasteiger partial charge in [0.15, 0.2) is 23.0 Å². The fraction of sp³-hybridized carbons (Fsp3) is 0.259. The molecule has 0 saturated carbocycles. The Kier molecular flexibility index (Phi) is 11.0. The van der Waals surface area contributed by atoms with Crippen molar-refractivity contribution in [3.05, 3.63) is 75.2 Å². The Hall–Kier alpha value is -3.28. The summed E-state index contributed by atoms with van der Waals surface area (Å²) in [7, 11) is -4.16. The Labute approximate surface area is 241 Å². The quantitative estimate of drug-likeness (QED) is 0.134. The van der Waals surface area contributed by atoms with Gasteiger partial charge in [-0.3, -0.25) is 4.79 Å². The van der Waals surface area contributed by atoms with Crippen LogP contribution in [0, 0.1) is 0 Å². The maximum atomic E-state index is 12.8. The normalized spacial score (nSPS) is 11.3. The zero-order valence-electron chi connectivity index (χ0n) is 21.6. The maximum Gasteiger partial charge on any atom is 0.339 e. The van der Waals surface area contributed by atoms with E-state index in [1.54, 1.807) is 37.3 Å². The van der Waals surface area contributed by atoms with Crippen molar-refractivity contribution in [2.24, 2.45) is 5.10 Å². The monoisotopic (exact) mass is 638 g/mol. The largest absolute Gasteiger partial charge is 0.490 e. The first-order valence-electron chi connectivity index (χ1n) is 12.1. The average molecular weight is 640 g/mol. The molecule has 1 N–H and O–H groups in total. The number of benzene rings is 3. The highest BCUT2D eigenvalue weighted by atomic mass is 79.9. The van der Waals surface area contributed by atoms with Crippen LogP contribution in [0.1, 0.15) is 43.1 Å². The molecule has 0 radical (unpaired) electrons. The summed E-state index contributed by atoms with van der Waals surface area (Å²) in [4.78, 5) is 12.6. The fourth-order valence-electron chi connectivity index (χ4n) is 3.24. The number of amides is 1. The van der Waals surface area contributed by atoms with Crippen LogP contribution in [0.3, 0.4) is 0 Å². The van der Waals surface area contributed by atoms with Crippen LogP contribution < -0.4 is 23.8 Å². The van der Waals surface area contributed by atoms with E-state index in [4.69, 9.17) is 30.0 Å². The Morgan fingerprint density at radius 2 is 1.64 bits per heavy atom. The van der Waals surface area contributed by atoms with Gasteiger partial charge in [-0.1, -0.05) is 18.5 Å². The second-order valence-corrected chi connectivity index (χ2v) is 10.7. The summed E-state index contributed by atoms with van der Waals surface area (Å²) >= 11 is 9.20. The van der Waals surface area contributed by atoms with Crippen LogP contribution in [0.15, 0.2) is 69.1 Å². The van der Waals surface area contributed by atoms with Gasteiger partial charge in [-0.15, -0.1) is 0 Å². The van der Waals surface area contributed by atoms with E-state index in [0.717, 1.165) is 6.42 Å². The second-order valence-electron chi connectivity index (χ2n) is 7.90. The maximum absolute atomic E-state index is 12.8. The van der Waals surface area contributed by atoms with Crippen molar-refractivity contribution in [1.82, 2.24) is 5.43 Å². The molecule has 0 saturated heterocycles. The number of hydrogen-bond donors (Lipinski definition) is 1. The van der Waals surface area contributed by atoms with Crippen molar-refractivity contribution in [2.75, 3.05) is 19.8 Å². The lowest BCUT2D eigenvalue weighted by molar-refractivity contribution is 0.0954. The molecule has 0 aromatic heterocycles. The van der Waals surface area contributed by atoms with Crippen molar-refractivity contribution < 1.29 is 31.6 Å². The molecular weight excluding hydrogens is 612 g/mol. The molecule has 0 bridgehead atoms. The molecule has 0 aliphatic carbocycles. The molecule has 208 valence electrons. The third-order valence-corrected chi connectivity index (χ3v) is 7.05. The molecular formula is C27H28BrClN2O7S. The van der Waals surface area contributed by atoms with E-state index in [9.17, 15) is 13.2 Å². The number of halogens is 2. The molecule has 0 spiro atoms. The average Bonchev–Trinajstić information content (AvgIpc) is 2.90. The van der Waals surface area contributed by atoms with Crippen LogP contribution in [0.2, 0.25) is 5.02 Å². The molecule has 0 heterocycles. The topological polar surface area (TPSA) is 113 Å². The van der Waals surface area contributed by atoms with Crippen LogP contribution in [0.25, 0.3) is 0 Å². The minimum atomic E-state index is -4.16. The van der Waals surface area contributed by atoms with Crippen LogP contribution in [0.4, 0.5) is 0 Å². The Morgan fingerprint density at radius 1 is 0.949 bits per heavy atom. The van der Waals surface area contributed by atoms with Gasteiger partial charge in [0.1, 0.15) is 4.90 Å². The van der Waals surface area contributed by atoms with Crippen molar-refractivity contribution in [3.8, 4) is 23.0 Å². The second kappa shape index (κ2) is 14.2. The van der Waals surface area contributed by atoms with Gasteiger partial charge < -0.3 is 18.4 Å². The summed E-state index contributed by atoms with van der Waals surface area (Å²) in [5.41, 5.74) is 3.32. The highest BCUT2D eigenvalue weighted by molar-refractivity contribution is 9.10. The smallest absolute Gasteiger partial charge is 0.339 e. The fourth-order valence-corrected chi connectivity index (χ4v) is 4.97. The molecule has 1 amide bonds. The minimum absolute atomic E-state index is 0.0261. The van der Waals surface area contributed by atoms with Crippen LogP contribution in [-0.4, -0.2) is 40.4 Å².